The minimum atomic E-state index is -0.894. The average Bonchev–Trinajstić information content (AvgIpc) is 2.77. The lowest BCUT2D eigenvalue weighted by atomic mass is 9.82. The smallest absolute Gasteiger partial charge is 0.307 e. The summed E-state index contributed by atoms with van der Waals surface area (Å²) in [4.78, 5) is 26.1. The second kappa shape index (κ2) is 6.43. The Morgan fingerprint density at radius 3 is 2.43 bits per heavy atom. The number of aliphatic carboxylic acids is 1. The van der Waals surface area contributed by atoms with Crippen molar-refractivity contribution >= 4 is 23.2 Å². The van der Waals surface area contributed by atoms with Gasteiger partial charge in [-0.15, -0.1) is 11.3 Å². The van der Waals surface area contributed by atoms with Crippen molar-refractivity contribution < 1.29 is 14.7 Å². The fourth-order valence-corrected chi connectivity index (χ4v) is 3.88. The summed E-state index contributed by atoms with van der Waals surface area (Å²) >= 11 is 1.71. The van der Waals surface area contributed by atoms with Gasteiger partial charge in [0.2, 0.25) is 5.91 Å². The van der Waals surface area contributed by atoms with E-state index >= 15 is 0 Å². The van der Waals surface area contributed by atoms with E-state index in [0.29, 0.717) is 12.8 Å². The highest BCUT2D eigenvalue weighted by Crippen LogP contribution is 2.29. The molecule has 21 heavy (non-hydrogen) atoms. The van der Waals surface area contributed by atoms with Crippen LogP contribution in [-0.4, -0.2) is 17.0 Å². The molecule has 1 amide bonds. The van der Waals surface area contributed by atoms with E-state index in [2.05, 4.69) is 11.4 Å². The van der Waals surface area contributed by atoms with Crippen LogP contribution in [0.4, 0.5) is 0 Å². The SMILES string of the molecule is Cc1cc(C(C)NC(=O)C2CC=CCC2C(=O)O)c(C)s1. The van der Waals surface area contributed by atoms with E-state index in [0.717, 1.165) is 5.56 Å². The van der Waals surface area contributed by atoms with Crippen LogP contribution in [0.1, 0.15) is 41.1 Å². The summed E-state index contributed by atoms with van der Waals surface area (Å²) in [5.74, 6) is -2.15. The van der Waals surface area contributed by atoms with Gasteiger partial charge in [-0.25, -0.2) is 0 Å². The summed E-state index contributed by atoms with van der Waals surface area (Å²) < 4.78 is 0. The maximum absolute atomic E-state index is 12.4. The topological polar surface area (TPSA) is 66.4 Å². The first-order valence-electron chi connectivity index (χ1n) is 7.15. The number of nitrogens with one attached hydrogen (secondary N) is 1. The van der Waals surface area contributed by atoms with Crippen LogP contribution in [0.2, 0.25) is 0 Å². The zero-order valence-electron chi connectivity index (χ0n) is 12.6. The predicted molar refractivity (Wildman–Crippen MR) is 83.3 cm³/mol. The van der Waals surface area contributed by atoms with E-state index in [1.54, 1.807) is 11.3 Å². The predicted octanol–water partition coefficient (Wildman–Crippen LogP) is 3.21. The van der Waals surface area contributed by atoms with Gasteiger partial charge in [-0.2, -0.15) is 0 Å². The third-order valence-electron chi connectivity index (χ3n) is 3.99. The van der Waals surface area contributed by atoms with E-state index in [-0.39, 0.29) is 11.9 Å². The number of rotatable bonds is 4. The van der Waals surface area contributed by atoms with E-state index in [4.69, 9.17) is 0 Å². The van der Waals surface area contributed by atoms with Gasteiger partial charge in [-0.05, 0) is 45.2 Å². The Kier molecular flexibility index (Phi) is 4.83. The van der Waals surface area contributed by atoms with E-state index in [9.17, 15) is 14.7 Å². The molecule has 0 spiro atoms. The second-order valence-corrected chi connectivity index (χ2v) is 7.05. The molecule has 1 aromatic heterocycles. The third-order valence-corrected chi connectivity index (χ3v) is 4.97. The number of carbonyl (C=O) groups is 2. The van der Waals surface area contributed by atoms with Gasteiger partial charge in [0.25, 0.3) is 0 Å². The minimum Gasteiger partial charge on any atom is -0.481 e. The normalized spacial score (nSPS) is 22.8. The van der Waals surface area contributed by atoms with E-state index in [1.807, 2.05) is 32.9 Å². The molecule has 114 valence electrons. The van der Waals surface area contributed by atoms with Gasteiger partial charge in [-0.1, -0.05) is 12.2 Å². The highest BCUT2D eigenvalue weighted by atomic mass is 32.1. The Bertz CT molecular complexity index is 576. The summed E-state index contributed by atoms with van der Waals surface area (Å²) in [7, 11) is 0. The molecule has 0 aliphatic heterocycles. The highest BCUT2D eigenvalue weighted by Gasteiger charge is 2.34. The first-order chi connectivity index (χ1) is 9.90. The molecule has 3 atom stereocenters. The van der Waals surface area contributed by atoms with Crippen LogP contribution in [0.5, 0.6) is 0 Å². The van der Waals surface area contributed by atoms with Gasteiger partial charge in [0.1, 0.15) is 0 Å². The molecule has 1 aliphatic carbocycles. The molecule has 3 unspecified atom stereocenters. The maximum atomic E-state index is 12.4. The fraction of sp³-hybridized carbons (Fsp3) is 0.500. The van der Waals surface area contributed by atoms with Gasteiger partial charge >= 0.3 is 5.97 Å². The number of thiophene rings is 1. The minimum absolute atomic E-state index is 0.0946. The molecule has 2 rings (SSSR count). The number of aryl methyl sites for hydroxylation is 2. The van der Waals surface area contributed by atoms with Gasteiger partial charge in [0.15, 0.2) is 0 Å². The van der Waals surface area contributed by atoms with Gasteiger partial charge in [0, 0.05) is 9.75 Å². The number of carboxylic acids is 1. The summed E-state index contributed by atoms with van der Waals surface area (Å²) in [5, 5.41) is 12.2. The Hall–Kier alpha value is -1.62. The van der Waals surface area contributed by atoms with Gasteiger partial charge < -0.3 is 10.4 Å². The van der Waals surface area contributed by atoms with Crippen molar-refractivity contribution in [2.24, 2.45) is 11.8 Å². The Balaban J connectivity index is 2.08. The lowest BCUT2D eigenvalue weighted by Crippen LogP contribution is -2.39. The monoisotopic (exact) mass is 307 g/mol. The quantitative estimate of drug-likeness (QED) is 0.839. The zero-order valence-corrected chi connectivity index (χ0v) is 13.4. The van der Waals surface area contributed by atoms with Crippen molar-refractivity contribution in [1.82, 2.24) is 5.32 Å². The molecule has 0 saturated heterocycles. The molecule has 1 aliphatic rings. The Morgan fingerprint density at radius 2 is 1.90 bits per heavy atom. The van der Waals surface area contributed by atoms with Gasteiger partial charge in [0.05, 0.1) is 17.9 Å². The first kappa shape index (κ1) is 15.8. The van der Waals surface area contributed by atoms with Crippen LogP contribution < -0.4 is 5.32 Å². The molecule has 0 bridgehead atoms. The third kappa shape index (κ3) is 3.53. The molecule has 5 heteroatoms. The van der Waals surface area contributed by atoms with Crippen LogP contribution in [0.25, 0.3) is 0 Å². The van der Waals surface area contributed by atoms with Gasteiger partial charge in [-0.3, -0.25) is 9.59 Å². The maximum Gasteiger partial charge on any atom is 0.307 e. The summed E-state index contributed by atoms with van der Waals surface area (Å²) in [5.41, 5.74) is 1.11. The van der Waals surface area contributed by atoms with E-state index in [1.165, 1.54) is 9.75 Å². The number of amides is 1. The summed E-state index contributed by atoms with van der Waals surface area (Å²) in [6.07, 6.45) is 4.67. The summed E-state index contributed by atoms with van der Waals surface area (Å²) in [6, 6.07) is 1.99. The van der Waals surface area contributed by atoms with Crippen molar-refractivity contribution in [2.45, 2.75) is 39.7 Å². The highest BCUT2D eigenvalue weighted by molar-refractivity contribution is 7.12. The zero-order chi connectivity index (χ0) is 15.6. The van der Waals surface area contributed by atoms with Crippen LogP contribution >= 0.6 is 11.3 Å². The second-order valence-electron chi connectivity index (χ2n) is 5.59. The molecule has 4 nitrogen and oxygen atoms in total. The van der Waals surface area contributed by atoms with Crippen LogP contribution in [0, 0.1) is 25.7 Å². The van der Waals surface area contributed by atoms with Crippen LogP contribution in [0.3, 0.4) is 0 Å². The van der Waals surface area contributed by atoms with Crippen LogP contribution in [-0.2, 0) is 9.59 Å². The molecule has 1 aromatic rings. The molecule has 1 heterocycles. The number of hydrogen-bond donors (Lipinski definition) is 2. The van der Waals surface area contributed by atoms with Crippen molar-refractivity contribution in [1.29, 1.82) is 0 Å². The molecule has 0 radical (unpaired) electrons. The molecular formula is C16H21NO3S. The molecule has 0 aromatic carbocycles. The van der Waals surface area contributed by atoms with Crippen molar-refractivity contribution in [3.05, 3.63) is 33.5 Å². The Labute approximate surface area is 128 Å². The largest absolute Gasteiger partial charge is 0.481 e. The van der Waals surface area contributed by atoms with Crippen molar-refractivity contribution in [3.8, 4) is 0 Å². The lowest BCUT2D eigenvalue weighted by Gasteiger charge is -2.26. The summed E-state index contributed by atoms with van der Waals surface area (Å²) in [6.45, 7) is 6.03. The molecular weight excluding hydrogens is 286 g/mol. The number of allylic oxidation sites excluding steroid dienone is 2. The Morgan fingerprint density at radius 1 is 1.29 bits per heavy atom. The average molecular weight is 307 g/mol. The number of hydrogen-bond acceptors (Lipinski definition) is 3. The van der Waals surface area contributed by atoms with Crippen molar-refractivity contribution in [2.75, 3.05) is 0 Å². The molecule has 0 fully saturated rings. The number of carboxylic acid groups (broad SMARTS) is 1. The molecule has 0 saturated carbocycles. The lowest BCUT2D eigenvalue weighted by molar-refractivity contribution is -0.147. The van der Waals surface area contributed by atoms with Crippen molar-refractivity contribution in [3.63, 3.8) is 0 Å². The standard InChI is InChI=1S/C16H21NO3S/c1-9-8-14(11(3)21-9)10(2)17-15(18)12-6-4-5-7-13(12)16(19)20/h4-5,8,10,12-13H,6-7H2,1-3H3,(H,17,18)(H,19,20). The van der Waals surface area contributed by atoms with Crippen LogP contribution in [0.15, 0.2) is 18.2 Å². The first-order valence-corrected chi connectivity index (χ1v) is 7.97. The number of carbonyl (C=O) groups excluding carboxylic acids is 1. The molecule has 2 N–H and O–H groups in total. The fourth-order valence-electron chi connectivity index (χ4n) is 2.86. The van der Waals surface area contributed by atoms with E-state index < -0.39 is 17.8 Å².